The Balaban J connectivity index is 1.56. The largest absolute Gasteiger partial charge is 0.381 e. The summed E-state index contributed by atoms with van der Waals surface area (Å²) < 4.78 is 5.62. The molecule has 0 bridgehead atoms. The van der Waals surface area contributed by atoms with Gasteiger partial charge in [0.15, 0.2) is 5.96 Å². The summed E-state index contributed by atoms with van der Waals surface area (Å²) in [6.45, 7) is 5.73. The molecule has 5 nitrogen and oxygen atoms in total. The Morgan fingerprint density at radius 3 is 2.68 bits per heavy atom. The Labute approximate surface area is 155 Å². The molecule has 2 aliphatic rings. The maximum Gasteiger partial charge on any atom is 0.191 e. The van der Waals surface area contributed by atoms with E-state index in [1.165, 1.54) is 25.9 Å². The van der Waals surface area contributed by atoms with Crippen molar-refractivity contribution >= 4 is 17.6 Å². The summed E-state index contributed by atoms with van der Waals surface area (Å²) in [6.07, 6.45) is 4.80. The third-order valence-corrected chi connectivity index (χ3v) is 5.59. The normalized spacial score (nSPS) is 21.3. The molecule has 1 aromatic carbocycles. The number of likely N-dealkylation sites (tertiary alicyclic amines) is 1. The molecule has 2 saturated heterocycles. The van der Waals surface area contributed by atoms with Gasteiger partial charge in [0.25, 0.3) is 0 Å². The van der Waals surface area contributed by atoms with Gasteiger partial charge in [-0.3, -0.25) is 9.89 Å². The standard InChI is InChI=1S/C19H29ClN4O/c1-21-18(22-14-16-5-4-6-17(20)13-16)23-15-19(7-11-25-12-8-19)24-9-2-3-10-24/h4-6,13H,2-3,7-12,14-15H2,1H3,(H2,21,22,23). The summed E-state index contributed by atoms with van der Waals surface area (Å²) in [5.74, 6) is 0.838. The third-order valence-electron chi connectivity index (χ3n) is 5.36. The van der Waals surface area contributed by atoms with Crippen molar-refractivity contribution in [2.75, 3.05) is 39.9 Å². The van der Waals surface area contributed by atoms with Crippen LogP contribution in [0.15, 0.2) is 29.3 Å². The van der Waals surface area contributed by atoms with Crippen molar-refractivity contribution in [1.29, 1.82) is 0 Å². The molecule has 0 atom stereocenters. The van der Waals surface area contributed by atoms with Gasteiger partial charge in [-0.1, -0.05) is 23.7 Å². The van der Waals surface area contributed by atoms with Gasteiger partial charge in [0.2, 0.25) is 0 Å². The van der Waals surface area contributed by atoms with E-state index in [0.717, 1.165) is 49.1 Å². The molecule has 2 heterocycles. The van der Waals surface area contributed by atoms with Crippen LogP contribution >= 0.6 is 11.6 Å². The van der Waals surface area contributed by atoms with Crippen LogP contribution in [0.4, 0.5) is 0 Å². The number of halogens is 1. The van der Waals surface area contributed by atoms with Gasteiger partial charge in [0, 0.05) is 43.9 Å². The zero-order chi connectivity index (χ0) is 17.5. The highest BCUT2D eigenvalue weighted by Crippen LogP contribution is 2.30. The topological polar surface area (TPSA) is 48.9 Å². The van der Waals surface area contributed by atoms with E-state index in [1.807, 2.05) is 25.2 Å². The quantitative estimate of drug-likeness (QED) is 0.623. The van der Waals surface area contributed by atoms with E-state index in [0.29, 0.717) is 6.54 Å². The van der Waals surface area contributed by atoms with Crippen molar-refractivity contribution < 1.29 is 4.74 Å². The summed E-state index contributed by atoms with van der Waals surface area (Å²) in [5.41, 5.74) is 1.35. The number of hydrogen-bond donors (Lipinski definition) is 2. The summed E-state index contributed by atoms with van der Waals surface area (Å²) in [4.78, 5) is 7.04. The molecule has 0 aromatic heterocycles. The van der Waals surface area contributed by atoms with Gasteiger partial charge in [-0.25, -0.2) is 0 Å². The summed E-state index contributed by atoms with van der Waals surface area (Å²) in [7, 11) is 1.82. The minimum atomic E-state index is 0.197. The van der Waals surface area contributed by atoms with E-state index in [4.69, 9.17) is 16.3 Å². The molecule has 2 aliphatic heterocycles. The van der Waals surface area contributed by atoms with Crippen LogP contribution in [0.5, 0.6) is 0 Å². The van der Waals surface area contributed by atoms with Crippen molar-refractivity contribution in [2.45, 2.75) is 37.8 Å². The molecule has 0 aliphatic carbocycles. The molecule has 2 N–H and O–H groups in total. The van der Waals surface area contributed by atoms with Gasteiger partial charge < -0.3 is 15.4 Å². The number of benzene rings is 1. The van der Waals surface area contributed by atoms with Crippen molar-refractivity contribution in [3.63, 3.8) is 0 Å². The smallest absolute Gasteiger partial charge is 0.191 e. The summed E-state index contributed by atoms with van der Waals surface area (Å²) >= 11 is 6.06. The average Bonchev–Trinajstić information content (AvgIpc) is 3.18. The van der Waals surface area contributed by atoms with E-state index in [2.05, 4.69) is 26.6 Å². The Morgan fingerprint density at radius 1 is 1.24 bits per heavy atom. The number of rotatable bonds is 5. The zero-order valence-electron chi connectivity index (χ0n) is 15.1. The molecule has 1 aromatic rings. The predicted molar refractivity (Wildman–Crippen MR) is 103 cm³/mol. The molecule has 0 unspecified atom stereocenters. The first-order chi connectivity index (χ1) is 12.2. The van der Waals surface area contributed by atoms with Crippen LogP contribution in [-0.4, -0.2) is 56.3 Å². The van der Waals surface area contributed by atoms with Gasteiger partial charge in [-0.05, 0) is 56.5 Å². The predicted octanol–water partition coefficient (Wildman–Crippen LogP) is 2.65. The van der Waals surface area contributed by atoms with Crippen LogP contribution in [0.3, 0.4) is 0 Å². The molecule has 0 saturated carbocycles. The Bertz CT molecular complexity index is 581. The fourth-order valence-electron chi connectivity index (χ4n) is 3.85. The van der Waals surface area contributed by atoms with Crippen LogP contribution < -0.4 is 10.6 Å². The highest BCUT2D eigenvalue weighted by atomic mass is 35.5. The van der Waals surface area contributed by atoms with E-state index in [1.54, 1.807) is 0 Å². The molecule has 2 fully saturated rings. The molecule has 0 amide bonds. The van der Waals surface area contributed by atoms with Crippen LogP contribution in [0.1, 0.15) is 31.2 Å². The Kier molecular flexibility index (Phi) is 6.57. The molecule has 6 heteroatoms. The van der Waals surface area contributed by atoms with Gasteiger partial charge in [0.05, 0.1) is 0 Å². The molecule has 25 heavy (non-hydrogen) atoms. The fraction of sp³-hybridized carbons (Fsp3) is 0.632. The van der Waals surface area contributed by atoms with E-state index < -0.39 is 0 Å². The molecule has 138 valence electrons. The first kappa shape index (κ1) is 18.5. The van der Waals surface area contributed by atoms with Gasteiger partial charge in [-0.2, -0.15) is 0 Å². The second-order valence-electron chi connectivity index (χ2n) is 6.94. The van der Waals surface area contributed by atoms with Gasteiger partial charge in [0.1, 0.15) is 0 Å². The van der Waals surface area contributed by atoms with Crippen molar-refractivity contribution in [2.24, 2.45) is 4.99 Å². The van der Waals surface area contributed by atoms with Gasteiger partial charge >= 0.3 is 0 Å². The summed E-state index contributed by atoms with van der Waals surface area (Å²) in [6, 6.07) is 7.91. The third kappa shape index (κ3) is 4.87. The SMILES string of the molecule is CN=C(NCc1cccc(Cl)c1)NCC1(N2CCCC2)CCOCC1. The van der Waals surface area contributed by atoms with E-state index in [9.17, 15) is 0 Å². The number of nitrogens with zero attached hydrogens (tertiary/aromatic N) is 2. The van der Waals surface area contributed by atoms with E-state index in [-0.39, 0.29) is 5.54 Å². The fourth-order valence-corrected chi connectivity index (χ4v) is 4.06. The lowest BCUT2D eigenvalue weighted by Gasteiger charge is -2.45. The lowest BCUT2D eigenvalue weighted by atomic mass is 9.88. The van der Waals surface area contributed by atoms with E-state index >= 15 is 0 Å². The Hall–Kier alpha value is -1.30. The average molecular weight is 365 g/mol. The highest BCUT2D eigenvalue weighted by molar-refractivity contribution is 6.30. The van der Waals surface area contributed by atoms with Crippen molar-refractivity contribution in [3.05, 3.63) is 34.9 Å². The second-order valence-corrected chi connectivity index (χ2v) is 7.38. The highest BCUT2D eigenvalue weighted by Gasteiger charge is 2.39. The number of aliphatic imine (C=N–C) groups is 1. The molecule has 0 radical (unpaired) electrons. The first-order valence-electron chi connectivity index (χ1n) is 9.24. The number of hydrogen-bond acceptors (Lipinski definition) is 3. The van der Waals surface area contributed by atoms with Crippen LogP contribution in [0, 0.1) is 0 Å². The van der Waals surface area contributed by atoms with Crippen molar-refractivity contribution in [1.82, 2.24) is 15.5 Å². The molecule has 0 spiro atoms. The van der Waals surface area contributed by atoms with Crippen LogP contribution in [0.2, 0.25) is 5.02 Å². The zero-order valence-corrected chi connectivity index (χ0v) is 15.8. The number of nitrogens with one attached hydrogen (secondary N) is 2. The second kappa shape index (κ2) is 8.88. The minimum absolute atomic E-state index is 0.197. The molecular formula is C19H29ClN4O. The monoisotopic (exact) mass is 364 g/mol. The molecular weight excluding hydrogens is 336 g/mol. The lowest BCUT2D eigenvalue weighted by Crippen LogP contribution is -2.58. The first-order valence-corrected chi connectivity index (χ1v) is 9.61. The number of ether oxygens (including phenoxy) is 1. The molecule has 3 rings (SSSR count). The van der Waals surface area contributed by atoms with Crippen molar-refractivity contribution in [3.8, 4) is 0 Å². The van der Waals surface area contributed by atoms with Crippen LogP contribution in [0.25, 0.3) is 0 Å². The van der Waals surface area contributed by atoms with Crippen LogP contribution in [-0.2, 0) is 11.3 Å². The number of guanidine groups is 1. The maximum atomic E-state index is 6.06. The maximum absolute atomic E-state index is 6.06. The minimum Gasteiger partial charge on any atom is -0.381 e. The summed E-state index contributed by atoms with van der Waals surface area (Å²) in [5, 5.41) is 7.70. The lowest BCUT2D eigenvalue weighted by molar-refractivity contribution is -0.0164. The van der Waals surface area contributed by atoms with Gasteiger partial charge in [-0.15, -0.1) is 0 Å². The Morgan fingerprint density at radius 2 is 2.00 bits per heavy atom.